The summed E-state index contributed by atoms with van der Waals surface area (Å²) in [7, 11) is 0. The van der Waals surface area contributed by atoms with Crippen molar-refractivity contribution in [2.24, 2.45) is 0 Å². The molecule has 3 N–H and O–H groups in total. The van der Waals surface area contributed by atoms with Crippen molar-refractivity contribution in [1.29, 1.82) is 0 Å². The Morgan fingerprint density at radius 2 is 2.00 bits per heavy atom. The highest BCUT2D eigenvalue weighted by Crippen LogP contribution is 2.15. The molecule has 0 saturated carbocycles. The molecular formula is C15H16BrN3O3. The van der Waals surface area contributed by atoms with Gasteiger partial charge in [-0.15, -0.1) is 0 Å². The lowest BCUT2D eigenvalue weighted by atomic mass is 10.3. The number of aromatic nitrogens is 1. The van der Waals surface area contributed by atoms with Crippen LogP contribution in [0.2, 0.25) is 0 Å². The number of carbonyl (C=O) groups is 2. The number of H-pyrrole nitrogens is 1. The van der Waals surface area contributed by atoms with Gasteiger partial charge < -0.3 is 20.4 Å². The summed E-state index contributed by atoms with van der Waals surface area (Å²) in [5, 5.41) is 5.23. The van der Waals surface area contributed by atoms with Crippen molar-refractivity contribution in [2.75, 3.05) is 18.5 Å². The smallest absolute Gasteiger partial charge is 0.268 e. The Labute approximate surface area is 136 Å². The first kappa shape index (κ1) is 16.1. The average Bonchev–Trinajstić information content (AvgIpc) is 2.94. The number of carbonyl (C=O) groups excluding carboxylic acids is 2. The third-order valence-electron chi connectivity index (χ3n) is 2.75. The molecule has 0 atom stereocenters. The zero-order valence-electron chi connectivity index (χ0n) is 12.0. The van der Waals surface area contributed by atoms with Crippen molar-refractivity contribution in [3.63, 3.8) is 0 Å². The minimum absolute atomic E-state index is 0.108. The van der Waals surface area contributed by atoms with E-state index in [0.29, 0.717) is 18.0 Å². The standard InChI is InChI=1S/C15H16BrN3O3/c1-2-22-12-5-3-11(4-6-12)19-14(20)9-18-15(21)13-7-10(16)8-17-13/h3-8,17H,2,9H2,1H3,(H,18,21)(H,19,20). The van der Waals surface area contributed by atoms with Gasteiger partial charge in [0, 0.05) is 16.4 Å². The number of rotatable bonds is 6. The van der Waals surface area contributed by atoms with Gasteiger partial charge in [-0.25, -0.2) is 0 Å². The quantitative estimate of drug-likeness (QED) is 0.735. The minimum atomic E-state index is -0.340. The summed E-state index contributed by atoms with van der Waals surface area (Å²) in [5.74, 6) is 0.0989. The molecule has 0 spiro atoms. The van der Waals surface area contributed by atoms with E-state index in [4.69, 9.17) is 4.74 Å². The Balaban J connectivity index is 1.81. The molecule has 7 heteroatoms. The Hall–Kier alpha value is -2.28. The summed E-state index contributed by atoms with van der Waals surface area (Å²) >= 11 is 3.24. The normalized spacial score (nSPS) is 10.1. The van der Waals surface area contributed by atoms with E-state index in [2.05, 4.69) is 31.5 Å². The molecule has 0 aliphatic heterocycles. The first-order chi connectivity index (χ1) is 10.6. The number of hydrogen-bond donors (Lipinski definition) is 3. The van der Waals surface area contributed by atoms with Crippen LogP contribution < -0.4 is 15.4 Å². The topological polar surface area (TPSA) is 83.2 Å². The van der Waals surface area contributed by atoms with E-state index in [1.54, 1.807) is 36.5 Å². The number of ether oxygens (including phenoxy) is 1. The molecule has 22 heavy (non-hydrogen) atoms. The fourth-order valence-electron chi connectivity index (χ4n) is 1.76. The van der Waals surface area contributed by atoms with Gasteiger partial charge in [-0.3, -0.25) is 9.59 Å². The second-order valence-corrected chi connectivity index (χ2v) is 5.34. The van der Waals surface area contributed by atoms with Gasteiger partial charge in [-0.05, 0) is 53.2 Å². The molecule has 1 aromatic carbocycles. The van der Waals surface area contributed by atoms with Crippen LogP contribution in [0.5, 0.6) is 5.75 Å². The third kappa shape index (κ3) is 4.63. The van der Waals surface area contributed by atoms with Crippen LogP contribution >= 0.6 is 15.9 Å². The van der Waals surface area contributed by atoms with Crippen LogP contribution in [0.25, 0.3) is 0 Å². The number of halogens is 1. The fraction of sp³-hybridized carbons (Fsp3) is 0.200. The number of benzene rings is 1. The molecule has 2 rings (SSSR count). The van der Waals surface area contributed by atoms with Crippen molar-refractivity contribution in [1.82, 2.24) is 10.3 Å². The largest absolute Gasteiger partial charge is 0.494 e. The van der Waals surface area contributed by atoms with Crippen LogP contribution in [-0.2, 0) is 4.79 Å². The maximum absolute atomic E-state index is 11.8. The summed E-state index contributed by atoms with van der Waals surface area (Å²) in [6, 6.07) is 8.67. The summed E-state index contributed by atoms with van der Waals surface area (Å²) in [6.07, 6.45) is 1.65. The van der Waals surface area contributed by atoms with Gasteiger partial charge in [0.15, 0.2) is 0 Å². The monoisotopic (exact) mass is 365 g/mol. The van der Waals surface area contributed by atoms with Gasteiger partial charge in [-0.1, -0.05) is 0 Å². The number of hydrogen-bond acceptors (Lipinski definition) is 3. The molecule has 0 saturated heterocycles. The summed E-state index contributed by atoms with van der Waals surface area (Å²) in [5.41, 5.74) is 1.03. The zero-order valence-corrected chi connectivity index (χ0v) is 13.6. The Morgan fingerprint density at radius 3 is 2.59 bits per heavy atom. The van der Waals surface area contributed by atoms with Crippen LogP contribution in [0.1, 0.15) is 17.4 Å². The molecule has 0 radical (unpaired) electrons. The van der Waals surface area contributed by atoms with Crippen LogP contribution in [0.15, 0.2) is 41.0 Å². The van der Waals surface area contributed by atoms with Crippen LogP contribution in [0.4, 0.5) is 5.69 Å². The van der Waals surface area contributed by atoms with Crippen molar-refractivity contribution in [2.45, 2.75) is 6.92 Å². The van der Waals surface area contributed by atoms with Crippen LogP contribution in [-0.4, -0.2) is 29.9 Å². The van der Waals surface area contributed by atoms with E-state index in [1.807, 2.05) is 6.92 Å². The van der Waals surface area contributed by atoms with Gasteiger partial charge in [0.2, 0.25) is 5.91 Å². The Bertz CT molecular complexity index is 652. The van der Waals surface area contributed by atoms with E-state index in [1.165, 1.54) is 0 Å². The Morgan fingerprint density at radius 1 is 1.27 bits per heavy atom. The SMILES string of the molecule is CCOc1ccc(NC(=O)CNC(=O)c2cc(Br)c[nH]2)cc1. The predicted molar refractivity (Wildman–Crippen MR) is 87.1 cm³/mol. The van der Waals surface area contributed by atoms with E-state index >= 15 is 0 Å². The molecule has 6 nitrogen and oxygen atoms in total. The van der Waals surface area contributed by atoms with Crippen LogP contribution in [0.3, 0.4) is 0 Å². The maximum atomic E-state index is 11.8. The zero-order chi connectivity index (χ0) is 15.9. The lowest BCUT2D eigenvalue weighted by Crippen LogP contribution is -2.33. The highest BCUT2D eigenvalue weighted by Gasteiger charge is 2.10. The maximum Gasteiger partial charge on any atom is 0.268 e. The average molecular weight is 366 g/mol. The van der Waals surface area contributed by atoms with Crippen molar-refractivity contribution >= 4 is 33.4 Å². The van der Waals surface area contributed by atoms with E-state index in [9.17, 15) is 9.59 Å². The molecule has 2 amide bonds. The summed E-state index contributed by atoms with van der Waals surface area (Å²) in [6.45, 7) is 2.39. The highest BCUT2D eigenvalue weighted by atomic mass is 79.9. The molecule has 1 heterocycles. The Kier molecular flexibility index (Phi) is 5.60. The van der Waals surface area contributed by atoms with Crippen molar-refractivity contribution < 1.29 is 14.3 Å². The van der Waals surface area contributed by atoms with Crippen molar-refractivity contribution in [3.05, 3.63) is 46.7 Å². The first-order valence-electron chi connectivity index (χ1n) is 6.73. The molecule has 1 aromatic heterocycles. The molecule has 0 fully saturated rings. The minimum Gasteiger partial charge on any atom is -0.494 e. The van der Waals surface area contributed by atoms with Crippen molar-refractivity contribution in [3.8, 4) is 5.75 Å². The highest BCUT2D eigenvalue weighted by molar-refractivity contribution is 9.10. The van der Waals surface area contributed by atoms with Gasteiger partial charge in [0.25, 0.3) is 5.91 Å². The molecular weight excluding hydrogens is 350 g/mol. The lowest BCUT2D eigenvalue weighted by molar-refractivity contribution is -0.115. The van der Waals surface area contributed by atoms with Crippen LogP contribution in [0, 0.1) is 0 Å². The molecule has 116 valence electrons. The number of amides is 2. The molecule has 0 bridgehead atoms. The van der Waals surface area contributed by atoms with Gasteiger partial charge in [0.05, 0.1) is 13.2 Å². The molecule has 2 aromatic rings. The first-order valence-corrected chi connectivity index (χ1v) is 7.52. The lowest BCUT2D eigenvalue weighted by Gasteiger charge is -2.07. The molecule has 0 unspecified atom stereocenters. The second-order valence-electron chi connectivity index (χ2n) is 4.42. The van der Waals surface area contributed by atoms with E-state index < -0.39 is 0 Å². The van der Waals surface area contributed by atoms with Gasteiger partial charge >= 0.3 is 0 Å². The van der Waals surface area contributed by atoms with E-state index in [0.717, 1.165) is 10.2 Å². The molecule has 0 aliphatic rings. The van der Waals surface area contributed by atoms with E-state index in [-0.39, 0.29) is 18.4 Å². The van der Waals surface area contributed by atoms with Gasteiger partial charge in [-0.2, -0.15) is 0 Å². The summed E-state index contributed by atoms with van der Waals surface area (Å²) < 4.78 is 6.09. The number of nitrogens with one attached hydrogen (secondary N) is 3. The second kappa shape index (κ2) is 7.65. The van der Waals surface area contributed by atoms with Gasteiger partial charge in [0.1, 0.15) is 11.4 Å². The number of anilines is 1. The summed E-state index contributed by atoms with van der Waals surface area (Å²) in [4.78, 5) is 26.4. The molecule has 0 aliphatic carbocycles. The number of aromatic amines is 1. The third-order valence-corrected chi connectivity index (χ3v) is 3.21. The predicted octanol–water partition coefficient (Wildman–Crippen LogP) is 2.54. The fourth-order valence-corrected chi connectivity index (χ4v) is 2.10.